The molecular weight excluding hydrogens is 342 g/mol. The second kappa shape index (κ2) is 7.86. The van der Waals surface area contributed by atoms with Crippen molar-refractivity contribution in [2.45, 2.75) is 26.3 Å². The Hall–Kier alpha value is -1.50. The lowest BCUT2D eigenvalue weighted by molar-refractivity contribution is 0.0941. The molecule has 1 aromatic carbocycles. The maximum absolute atomic E-state index is 13.7. The number of fused-ring (bicyclic) bond motifs is 1. The smallest absolute Gasteiger partial charge is 0.253 e. The Kier molecular flexibility index (Phi) is 6.68. The van der Waals surface area contributed by atoms with E-state index in [4.69, 9.17) is 0 Å². The molecule has 1 saturated heterocycles. The second-order valence-corrected chi connectivity index (χ2v) is 5.38. The lowest BCUT2D eigenvalue weighted by atomic mass is 10.1. The number of carbonyl (C=O) groups is 1. The van der Waals surface area contributed by atoms with Gasteiger partial charge in [-0.15, -0.1) is 24.8 Å². The fourth-order valence-corrected chi connectivity index (χ4v) is 2.51. The van der Waals surface area contributed by atoms with Gasteiger partial charge in [0.05, 0.1) is 22.5 Å². The molecule has 1 aromatic heterocycles. The highest BCUT2D eigenvalue weighted by atomic mass is 35.5. The van der Waals surface area contributed by atoms with Crippen LogP contribution in [0, 0.1) is 19.7 Å². The van der Waals surface area contributed by atoms with E-state index in [1.54, 1.807) is 0 Å². The zero-order chi connectivity index (χ0) is 15.0. The molecule has 2 aromatic rings. The summed E-state index contributed by atoms with van der Waals surface area (Å²) in [5.41, 5.74) is 2.58. The van der Waals surface area contributed by atoms with Gasteiger partial charge < -0.3 is 10.6 Å². The molecule has 3 rings (SSSR count). The quantitative estimate of drug-likeness (QED) is 0.862. The minimum atomic E-state index is -0.477. The van der Waals surface area contributed by atoms with E-state index in [1.807, 2.05) is 13.8 Å². The van der Waals surface area contributed by atoms with Gasteiger partial charge in [0.25, 0.3) is 5.91 Å². The highest BCUT2D eigenvalue weighted by Crippen LogP contribution is 2.19. The van der Waals surface area contributed by atoms with Gasteiger partial charge in [-0.2, -0.15) is 0 Å². The van der Waals surface area contributed by atoms with Gasteiger partial charge in [-0.05, 0) is 32.9 Å². The van der Waals surface area contributed by atoms with Gasteiger partial charge >= 0.3 is 0 Å². The number of hydrogen-bond donors (Lipinski definition) is 2. The lowest BCUT2D eigenvalue weighted by Gasteiger charge is -2.13. The lowest BCUT2D eigenvalue weighted by Crippen LogP contribution is -2.36. The molecule has 2 N–H and O–H groups in total. The van der Waals surface area contributed by atoms with Crippen LogP contribution in [-0.2, 0) is 0 Å². The molecule has 126 valence electrons. The maximum Gasteiger partial charge on any atom is 0.253 e. The van der Waals surface area contributed by atoms with E-state index in [9.17, 15) is 9.18 Å². The summed E-state index contributed by atoms with van der Waals surface area (Å²) in [7, 11) is 0. The number of halogens is 3. The van der Waals surface area contributed by atoms with Crippen molar-refractivity contribution in [1.82, 2.24) is 20.6 Å². The number of amides is 1. The van der Waals surface area contributed by atoms with Crippen LogP contribution in [0.5, 0.6) is 0 Å². The molecule has 1 amide bonds. The summed E-state index contributed by atoms with van der Waals surface area (Å²) in [5, 5.41) is 6.09. The van der Waals surface area contributed by atoms with E-state index in [0.29, 0.717) is 11.0 Å². The molecule has 5 nitrogen and oxygen atoms in total. The molecule has 0 saturated carbocycles. The fraction of sp³-hybridized carbons (Fsp3) is 0.400. The number of nitrogens with one attached hydrogen (secondary N) is 2. The molecule has 1 aliphatic heterocycles. The zero-order valence-electron chi connectivity index (χ0n) is 12.9. The van der Waals surface area contributed by atoms with Crippen LogP contribution in [0.3, 0.4) is 0 Å². The first-order valence-electron chi connectivity index (χ1n) is 7.00. The molecule has 0 bridgehead atoms. The Bertz CT molecular complexity index is 720. The summed E-state index contributed by atoms with van der Waals surface area (Å²) in [6.07, 6.45) is 0.878. The molecule has 0 spiro atoms. The number of hydrogen-bond acceptors (Lipinski definition) is 4. The molecule has 1 atom stereocenters. The van der Waals surface area contributed by atoms with E-state index in [2.05, 4.69) is 20.6 Å². The first-order valence-corrected chi connectivity index (χ1v) is 7.00. The average molecular weight is 361 g/mol. The number of rotatable bonds is 2. The summed E-state index contributed by atoms with van der Waals surface area (Å²) in [6.45, 7) is 5.26. The van der Waals surface area contributed by atoms with Gasteiger partial charge in [-0.3, -0.25) is 4.79 Å². The number of benzene rings is 1. The summed E-state index contributed by atoms with van der Waals surface area (Å²) in [6, 6.07) is 2.61. The first-order chi connectivity index (χ1) is 10.0. The van der Waals surface area contributed by atoms with Crippen LogP contribution in [0.25, 0.3) is 11.0 Å². The van der Waals surface area contributed by atoms with Crippen LogP contribution in [-0.4, -0.2) is 35.0 Å². The van der Waals surface area contributed by atoms with Gasteiger partial charge in [-0.25, -0.2) is 14.4 Å². The second-order valence-electron chi connectivity index (χ2n) is 5.38. The van der Waals surface area contributed by atoms with Crippen LogP contribution in [0.15, 0.2) is 12.1 Å². The highest BCUT2D eigenvalue weighted by molar-refractivity contribution is 6.04. The van der Waals surface area contributed by atoms with Crippen LogP contribution >= 0.6 is 24.8 Å². The zero-order valence-corrected chi connectivity index (χ0v) is 14.5. The molecule has 1 fully saturated rings. The van der Waals surface area contributed by atoms with Gasteiger partial charge in [0.15, 0.2) is 0 Å². The monoisotopic (exact) mass is 360 g/mol. The van der Waals surface area contributed by atoms with Crippen molar-refractivity contribution < 1.29 is 9.18 Å². The Morgan fingerprint density at radius 2 is 1.96 bits per heavy atom. The number of carbonyl (C=O) groups excluding carboxylic acids is 1. The van der Waals surface area contributed by atoms with Crippen molar-refractivity contribution in [1.29, 1.82) is 0 Å². The van der Waals surface area contributed by atoms with Gasteiger partial charge in [0, 0.05) is 18.7 Å². The van der Waals surface area contributed by atoms with Crippen molar-refractivity contribution in [3.8, 4) is 0 Å². The molecule has 8 heteroatoms. The first kappa shape index (κ1) is 19.5. The normalized spacial score (nSPS) is 16.6. The van der Waals surface area contributed by atoms with Gasteiger partial charge in [0.1, 0.15) is 11.3 Å². The molecule has 0 aliphatic carbocycles. The SMILES string of the molecule is Cc1nc2cc(F)cc(C(=O)NC3CCNC3)c2nc1C.Cl.Cl. The maximum atomic E-state index is 13.7. The van der Waals surface area contributed by atoms with Gasteiger partial charge in [0.2, 0.25) is 0 Å². The Balaban J connectivity index is 0.00000132. The number of aromatic nitrogens is 2. The van der Waals surface area contributed by atoms with Crippen molar-refractivity contribution >= 4 is 41.8 Å². The minimum absolute atomic E-state index is 0. The molecule has 2 heterocycles. The number of nitrogens with zero attached hydrogens (tertiary/aromatic N) is 2. The highest BCUT2D eigenvalue weighted by Gasteiger charge is 2.20. The van der Waals surface area contributed by atoms with Crippen molar-refractivity contribution in [2.75, 3.05) is 13.1 Å². The predicted octanol–water partition coefficient (Wildman–Crippen LogP) is 2.32. The van der Waals surface area contributed by atoms with E-state index in [1.165, 1.54) is 12.1 Å². The molecule has 1 aliphatic rings. The predicted molar refractivity (Wildman–Crippen MR) is 92.2 cm³/mol. The van der Waals surface area contributed by atoms with Crippen molar-refractivity contribution in [3.05, 3.63) is 34.9 Å². The summed E-state index contributed by atoms with van der Waals surface area (Å²) in [4.78, 5) is 21.1. The fourth-order valence-electron chi connectivity index (χ4n) is 2.51. The van der Waals surface area contributed by atoms with Crippen LogP contribution in [0.1, 0.15) is 28.2 Å². The van der Waals surface area contributed by atoms with E-state index < -0.39 is 5.82 Å². The van der Waals surface area contributed by atoms with Crippen LogP contribution in [0.4, 0.5) is 4.39 Å². The molecule has 1 unspecified atom stereocenters. The molecule has 23 heavy (non-hydrogen) atoms. The third-order valence-corrected chi connectivity index (χ3v) is 3.79. The van der Waals surface area contributed by atoms with E-state index in [-0.39, 0.29) is 42.3 Å². The Morgan fingerprint density at radius 3 is 2.61 bits per heavy atom. The third kappa shape index (κ3) is 4.07. The summed E-state index contributed by atoms with van der Waals surface area (Å²) < 4.78 is 13.7. The summed E-state index contributed by atoms with van der Waals surface area (Å²) >= 11 is 0. The van der Waals surface area contributed by atoms with Crippen LogP contribution < -0.4 is 10.6 Å². The topological polar surface area (TPSA) is 66.9 Å². The van der Waals surface area contributed by atoms with E-state index >= 15 is 0 Å². The summed E-state index contributed by atoms with van der Waals surface area (Å²) in [5.74, 6) is -0.777. The average Bonchev–Trinajstić information content (AvgIpc) is 2.92. The van der Waals surface area contributed by atoms with Crippen molar-refractivity contribution in [2.24, 2.45) is 0 Å². The molecular formula is C15H19Cl2FN4O. The Labute approximate surface area is 146 Å². The van der Waals surface area contributed by atoms with Crippen molar-refractivity contribution in [3.63, 3.8) is 0 Å². The third-order valence-electron chi connectivity index (χ3n) is 3.79. The largest absolute Gasteiger partial charge is 0.348 e. The Morgan fingerprint density at radius 1 is 1.26 bits per heavy atom. The van der Waals surface area contributed by atoms with Crippen LogP contribution in [0.2, 0.25) is 0 Å². The van der Waals surface area contributed by atoms with E-state index in [0.717, 1.165) is 30.9 Å². The minimum Gasteiger partial charge on any atom is -0.348 e. The number of aryl methyl sites for hydroxylation is 2. The van der Waals surface area contributed by atoms with Gasteiger partial charge in [-0.1, -0.05) is 0 Å². The molecule has 0 radical (unpaired) electrons. The standard InChI is InChI=1S/C15H17FN4O.2ClH/c1-8-9(2)19-14-12(5-10(16)6-13(14)18-8)15(21)20-11-3-4-17-7-11;;/h5-6,11,17H,3-4,7H2,1-2H3,(H,20,21);2*1H.